The fourth-order valence-electron chi connectivity index (χ4n) is 3.25. The Balaban J connectivity index is 2.93. The van der Waals surface area contributed by atoms with Crippen LogP contribution < -0.4 is 22.1 Å². The Morgan fingerprint density at radius 2 is 1.90 bits per heavy atom. The van der Waals surface area contributed by atoms with Crippen LogP contribution in [0.5, 0.6) is 0 Å². The number of carbonyl (C=O) groups excluding carboxylic acids is 3. The van der Waals surface area contributed by atoms with Gasteiger partial charge in [0.25, 0.3) is 0 Å². The van der Waals surface area contributed by atoms with Crippen LogP contribution >= 0.6 is 12.6 Å². The van der Waals surface area contributed by atoms with E-state index in [9.17, 15) is 24.3 Å². The van der Waals surface area contributed by atoms with Crippen LogP contribution in [0.3, 0.4) is 0 Å². The van der Waals surface area contributed by atoms with Gasteiger partial charge in [-0.3, -0.25) is 14.4 Å². The zero-order valence-electron chi connectivity index (χ0n) is 17.1. The summed E-state index contributed by atoms with van der Waals surface area (Å²) in [6, 6.07) is -4.12. The van der Waals surface area contributed by atoms with E-state index < -0.39 is 54.0 Å². The number of thiol groups is 1. The fourth-order valence-corrected chi connectivity index (χ4v) is 3.42. The lowest BCUT2D eigenvalue weighted by Crippen LogP contribution is -2.58. The van der Waals surface area contributed by atoms with E-state index in [0.29, 0.717) is 45.2 Å². The van der Waals surface area contributed by atoms with Crippen LogP contribution in [0.15, 0.2) is 0 Å². The first-order valence-corrected chi connectivity index (χ1v) is 10.7. The molecule has 11 nitrogen and oxygen atoms in total. The van der Waals surface area contributed by atoms with Gasteiger partial charge in [0.05, 0.1) is 12.1 Å². The van der Waals surface area contributed by atoms with Gasteiger partial charge in [0.15, 0.2) is 6.04 Å². The molecule has 1 rings (SSSR count). The van der Waals surface area contributed by atoms with Gasteiger partial charge in [0, 0.05) is 12.3 Å². The number of carboxylic acids is 1. The quantitative estimate of drug-likeness (QED) is 0.130. The number of rotatable bonds is 12. The molecule has 30 heavy (non-hydrogen) atoms. The minimum absolute atomic E-state index is 0.111. The molecule has 0 aliphatic carbocycles. The number of aliphatic hydroxyl groups excluding tert-OH is 1. The average Bonchev–Trinajstić information content (AvgIpc) is 3.19. The van der Waals surface area contributed by atoms with Gasteiger partial charge in [-0.1, -0.05) is 0 Å². The van der Waals surface area contributed by atoms with Crippen LogP contribution in [-0.2, 0) is 19.2 Å². The second-order valence-electron chi connectivity index (χ2n) is 7.39. The minimum atomic E-state index is -1.48. The van der Waals surface area contributed by atoms with Gasteiger partial charge in [-0.15, -0.1) is 0 Å². The lowest BCUT2D eigenvalue weighted by atomic mass is 10.1. The molecule has 0 spiro atoms. The predicted octanol–water partition coefficient (Wildman–Crippen LogP) is -2.20. The number of nitrogens with two attached hydrogens (primary N) is 2. The fraction of sp³-hybridized carbons (Fsp3) is 0.778. The van der Waals surface area contributed by atoms with Crippen molar-refractivity contribution in [2.24, 2.45) is 11.5 Å². The Hall–Kier alpha value is -1.89. The van der Waals surface area contributed by atoms with E-state index in [0.717, 1.165) is 0 Å². The van der Waals surface area contributed by atoms with E-state index in [1.165, 1.54) is 11.8 Å². The van der Waals surface area contributed by atoms with E-state index in [4.69, 9.17) is 16.6 Å². The van der Waals surface area contributed by atoms with Crippen molar-refractivity contribution in [3.8, 4) is 0 Å². The first kappa shape index (κ1) is 26.1. The molecule has 8 N–H and O–H groups in total. The molecule has 1 aliphatic rings. The van der Waals surface area contributed by atoms with Crippen LogP contribution in [0.1, 0.15) is 39.0 Å². The van der Waals surface area contributed by atoms with Gasteiger partial charge in [0.2, 0.25) is 17.7 Å². The zero-order chi connectivity index (χ0) is 22.8. The summed E-state index contributed by atoms with van der Waals surface area (Å²) in [5.74, 6) is -2.87. The van der Waals surface area contributed by atoms with Gasteiger partial charge in [-0.05, 0) is 45.6 Å². The highest BCUT2D eigenvalue weighted by atomic mass is 32.1. The number of hydrogen-bond donors (Lipinski definition) is 7. The molecule has 0 radical (unpaired) electrons. The molecule has 0 bridgehead atoms. The topological polar surface area (TPSA) is 188 Å². The lowest BCUT2D eigenvalue weighted by Gasteiger charge is -2.30. The van der Waals surface area contributed by atoms with E-state index in [-0.39, 0.29) is 5.75 Å². The summed E-state index contributed by atoms with van der Waals surface area (Å²) in [5.41, 5.74) is 11.2. The number of likely N-dealkylation sites (tertiary alicyclic amines) is 1. The SMILES string of the molecule is CC(O)C(NC(=O)C1CCCN1C(=O)C(CCCCN)NC(=O)C(N)CS)C(=O)O. The highest BCUT2D eigenvalue weighted by molar-refractivity contribution is 7.80. The summed E-state index contributed by atoms with van der Waals surface area (Å²) in [6.07, 6.45) is 1.19. The Morgan fingerprint density at radius 1 is 1.23 bits per heavy atom. The summed E-state index contributed by atoms with van der Waals surface area (Å²) >= 11 is 3.99. The van der Waals surface area contributed by atoms with Crippen molar-refractivity contribution in [3.05, 3.63) is 0 Å². The van der Waals surface area contributed by atoms with Crippen molar-refractivity contribution in [1.29, 1.82) is 0 Å². The van der Waals surface area contributed by atoms with E-state index in [1.807, 2.05) is 0 Å². The predicted molar refractivity (Wildman–Crippen MR) is 113 cm³/mol. The van der Waals surface area contributed by atoms with Gasteiger partial charge in [-0.25, -0.2) is 4.79 Å². The Kier molecular flexibility index (Phi) is 11.1. The summed E-state index contributed by atoms with van der Waals surface area (Å²) < 4.78 is 0. The molecule has 0 saturated carbocycles. The number of aliphatic hydroxyl groups is 1. The Bertz CT molecular complexity index is 620. The molecule has 1 heterocycles. The number of nitrogens with zero attached hydrogens (tertiary/aromatic N) is 1. The van der Waals surface area contributed by atoms with Crippen molar-refractivity contribution in [2.75, 3.05) is 18.8 Å². The maximum atomic E-state index is 13.1. The van der Waals surface area contributed by atoms with E-state index in [1.54, 1.807) is 0 Å². The van der Waals surface area contributed by atoms with E-state index in [2.05, 4.69) is 23.3 Å². The molecule has 0 aromatic rings. The average molecular weight is 448 g/mol. The molecule has 1 saturated heterocycles. The molecule has 5 unspecified atom stereocenters. The third-order valence-electron chi connectivity index (χ3n) is 4.98. The molecule has 1 fully saturated rings. The van der Waals surface area contributed by atoms with Gasteiger partial charge < -0.3 is 37.2 Å². The maximum Gasteiger partial charge on any atom is 0.328 e. The Morgan fingerprint density at radius 3 is 2.43 bits per heavy atom. The number of aliphatic carboxylic acids is 1. The molecular formula is C18H33N5O6S. The molecule has 5 atom stereocenters. The van der Waals surface area contributed by atoms with Gasteiger partial charge in [0.1, 0.15) is 12.1 Å². The minimum Gasteiger partial charge on any atom is -0.480 e. The van der Waals surface area contributed by atoms with Crippen molar-refractivity contribution >= 4 is 36.3 Å². The zero-order valence-corrected chi connectivity index (χ0v) is 18.0. The first-order chi connectivity index (χ1) is 14.1. The van der Waals surface area contributed by atoms with Crippen LogP contribution in [0.2, 0.25) is 0 Å². The Labute approximate surface area is 181 Å². The van der Waals surface area contributed by atoms with Crippen molar-refractivity contribution < 1.29 is 29.4 Å². The van der Waals surface area contributed by atoms with Crippen LogP contribution in [-0.4, -0.2) is 87.9 Å². The summed E-state index contributed by atoms with van der Waals surface area (Å²) in [5, 5.41) is 23.7. The largest absolute Gasteiger partial charge is 0.480 e. The molecule has 0 aromatic heterocycles. The van der Waals surface area contributed by atoms with Crippen LogP contribution in [0, 0.1) is 0 Å². The highest BCUT2D eigenvalue weighted by Crippen LogP contribution is 2.20. The summed E-state index contributed by atoms with van der Waals surface area (Å²) in [4.78, 5) is 50.5. The van der Waals surface area contributed by atoms with Gasteiger partial charge >= 0.3 is 5.97 Å². The normalized spacial score (nSPS) is 20.2. The number of carbonyl (C=O) groups is 4. The van der Waals surface area contributed by atoms with Crippen molar-refractivity contribution in [3.63, 3.8) is 0 Å². The highest BCUT2D eigenvalue weighted by Gasteiger charge is 2.39. The smallest absolute Gasteiger partial charge is 0.328 e. The van der Waals surface area contributed by atoms with Crippen molar-refractivity contribution in [2.45, 2.75) is 69.3 Å². The lowest BCUT2D eigenvalue weighted by molar-refractivity contribution is -0.147. The van der Waals surface area contributed by atoms with Crippen LogP contribution in [0.25, 0.3) is 0 Å². The first-order valence-electron chi connectivity index (χ1n) is 10.0. The summed E-state index contributed by atoms with van der Waals surface area (Å²) in [7, 11) is 0. The number of nitrogens with one attached hydrogen (secondary N) is 2. The van der Waals surface area contributed by atoms with Crippen LogP contribution in [0.4, 0.5) is 0 Å². The molecule has 1 aliphatic heterocycles. The standard InChI is InChI=1S/C18H33N5O6S/c1-10(24)14(18(28)29)22-16(26)13-6-4-8-23(13)17(27)12(5-2-3-7-19)21-15(25)11(20)9-30/h10-14,24,30H,2-9,19-20H2,1H3,(H,21,25)(H,22,26)(H,28,29). The third kappa shape index (κ3) is 7.42. The number of amides is 3. The van der Waals surface area contributed by atoms with Gasteiger partial charge in [-0.2, -0.15) is 12.6 Å². The molecule has 0 aromatic carbocycles. The molecule has 12 heteroatoms. The number of carboxylic acid groups (broad SMARTS) is 1. The van der Waals surface area contributed by atoms with E-state index >= 15 is 0 Å². The third-order valence-corrected chi connectivity index (χ3v) is 5.37. The molecular weight excluding hydrogens is 414 g/mol. The molecule has 172 valence electrons. The second kappa shape index (κ2) is 12.7. The molecule has 3 amide bonds. The number of unbranched alkanes of at least 4 members (excludes halogenated alkanes) is 1. The second-order valence-corrected chi connectivity index (χ2v) is 7.75. The number of hydrogen-bond acceptors (Lipinski definition) is 8. The van der Waals surface area contributed by atoms with Crippen molar-refractivity contribution in [1.82, 2.24) is 15.5 Å². The maximum absolute atomic E-state index is 13.1. The monoisotopic (exact) mass is 447 g/mol. The summed E-state index contributed by atoms with van der Waals surface area (Å²) in [6.45, 7) is 1.99.